The summed E-state index contributed by atoms with van der Waals surface area (Å²) in [6.45, 7) is 6.08. The van der Waals surface area contributed by atoms with Gasteiger partial charge in [0, 0.05) is 5.56 Å². The molecule has 0 fully saturated rings. The lowest BCUT2D eigenvalue weighted by Crippen LogP contribution is -2.04. The Morgan fingerprint density at radius 2 is 1.71 bits per heavy atom. The van der Waals surface area contributed by atoms with E-state index in [2.05, 4.69) is 19.9 Å². The fourth-order valence-corrected chi connectivity index (χ4v) is 2.21. The molecule has 0 unspecified atom stereocenters. The van der Waals surface area contributed by atoms with Crippen LogP contribution < -0.4 is 0 Å². The molecule has 0 heterocycles. The summed E-state index contributed by atoms with van der Waals surface area (Å²) in [5.74, 6) is 0.203. The van der Waals surface area contributed by atoms with Crippen LogP contribution >= 0.6 is 0 Å². The van der Waals surface area contributed by atoms with Gasteiger partial charge in [-0.15, -0.1) is 0 Å². The maximum Gasteiger partial charge on any atom is 0.160 e. The zero-order chi connectivity index (χ0) is 12.7. The van der Waals surface area contributed by atoms with Gasteiger partial charge in [-0.2, -0.15) is 0 Å². The molecule has 0 saturated carbocycles. The lowest BCUT2D eigenvalue weighted by Gasteiger charge is -2.13. The minimum Gasteiger partial charge on any atom is -0.295 e. The van der Waals surface area contributed by atoms with Crippen molar-refractivity contribution < 1.29 is 4.79 Å². The standard InChI is InChI=1S/C16H24O/c1-4-6-9-14-10-8-12-15(13(3)17)16(14)11-7-5-2/h8,10,12H,4-7,9,11H2,1-3H3. The lowest BCUT2D eigenvalue weighted by atomic mass is 9.92. The number of aryl methyl sites for hydroxylation is 1. The summed E-state index contributed by atoms with van der Waals surface area (Å²) in [4.78, 5) is 11.7. The SMILES string of the molecule is CCCCc1cccc(C(C)=O)c1CCCC. The third-order valence-corrected chi connectivity index (χ3v) is 3.23. The molecular weight excluding hydrogens is 208 g/mol. The fourth-order valence-electron chi connectivity index (χ4n) is 2.21. The predicted octanol–water partition coefficient (Wildman–Crippen LogP) is 4.57. The molecule has 0 amide bonds. The highest BCUT2D eigenvalue weighted by molar-refractivity contribution is 5.95. The van der Waals surface area contributed by atoms with Gasteiger partial charge >= 0.3 is 0 Å². The summed E-state index contributed by atoms with van der Waals surface area (Å²) in [7, 11) is 0. The molecule has 0 N–H and O–H groups in total. The molecule has 0 aromatic heterocycles. The molecule has 17 heavy (non-hydrogen) atoms. The summed E-state index contributed by atoms with van der Waals surface area (Å²) in [6, 6.07) is 6.19. The Kier molecular flexibility index (Phi) is 5.96. The van der Waals surface area contributed by atoms with Gasteiger partial charge in [0.1, 0.15) is 0 Å². The molecule has 1 aromatic rings. The summed E-state index contributed by atoms with van der Waals surface area (Å²) in [6.07, 6.45) is 6.92. The van der Waals surface area contributed by atoms with Crippen molar-refractivity contribution in [3.05, 3.63) is 34.9 Å². The van der Waals surface area contributed by atoms with E-state index in [0.717, 1.165) is 18.4 Å². The first-order valence-corrected chi connectivity index (χ1v) is 6.82. The number of Topliss-reactive ketones (excluding diaryl/α,β-unsaturated/α-hetero) is 1. The highest BCUT2D eigenvalue weighted by Gasteiger charge is 2.10. The Morgan fingerprint density at radius 3 is 2.29 bits per heavy atom. The zero-order valence-electron chi connectivity index (χ0n) is 11.4. The van der Waals surface area contributed by atoms with Crippen molar-refractivity contribution in [2.75, 3.05) is 0 Å². The topological polar surface area (TPSA) is 17.1 Å². The van der Waals surface area contributed by atoms with Crippen LogP contribution in [-0.4, -0.2) is 5.78 Å². The number of hydrogen-bond acceptors (Lipinski definition) is 1. The van der Waals surface area contributed by atoms with Crippen LogP contribution in [0.3, 0.4) is 0 Å². The van der Waals surface area contributed by atoms with Gasteiger partial charge in [0.15, 0.2) is 5.78 Å². The fraction of sp³-hybridized carbons (Fsp3) is 0.562. The Hall–Kier alpha value is -1.11. The third-order valence-electron chi connectivity index (χ3n) is 3.23. The number of carbonyl (C=O) groups is 1. The average Bonchev–Trinajstić information content (AvgIpc) is 2.33. The van der Waals surface area contributed by atoms with Gasteiger partial charge in [-0.05, 0) is 43.7 Å². The van der Waals surface area contributed by atoms with Gasteiger partial charge in [-0.1, -0.05) is 44.9 Å². The predicted molar refractivity (Wildman–Crippen MR) is 73.7 cm³/mol. The molecule has 0 spiro atoms. The monoisotopic (exact) mass is 232 g/mol. The van der Waals surface area contributed by atoms with Crippen LogP contribution in [0, 0.1) is 0 Å². The molecule has 0 bridgehead atoms. The minimum atomic E-state index is 0.203. The smallest absolute Gasteiger partial charge is 0.160 e. The summed E-state index contributed by atoms with van der Waals surface area (Å²) < 4.78 is 0. The van der Waals surface area contributed by atoms with E-state index >= 15 is 0 Å². The lowest BCUT2D eigenvalue weighted by molar-refractivity contribution is 0.101. The molecule has 1 aromatic carbocycles. The second-order valence-electron chi connectivity index (χ2n) is 4.71. The first kappa shape index (κ1) is 14.0. The van der Waals surface area contributed by atoms with E-state index in [1.165, 1.54) is 36.8 Å². The summed E-state index contributed by atoms with van der Waals surface area (Å²) in [5, 5.41) is 0. The Labute approximate surface area is 105 Å². The van der Waals surface area contributed by atoms with Crippen LogP contribution in [0.1, 0.15) is 67.9 Å². The van der Waals surface area contributed by atoms with Crippen LogP contribution in [0.5, 0.6) is 0 Å². The third kappa shape index (κ3) is 3.99. The van der Waals surface area contributed by atoms with Crippen LogP contribution in [0.2, 0.25) is 0 Å². The first-order chi connectivity index (χ1) is 8.20. The van der Waals surface area contributed by atoms with E-state index in [1.807, 2.05) is 12.1 Å². The van der Waals surface area contributed by atoms with Crippen LogP contribution in [0.4, 0.5) is 0 Å². The van der Waals surface area contributed by atoms with Crippen molar-refractivity contribution in [2.24, 2.45) is 0 Å². The summed E-state index contributed by atoms with van der Waals surface area (Å²) in [5.41, 5.74) is 3.62. The van der Waals surface area contributed by atoms with Crippen molar-refractivity contribution in [2.45, 2.75) is 59.3 Å². The van der Waals surface area contributed by atoms with E-state index in [1.54, 1.807) is 6.92 Å². The van der Waals surface area contributed by atoms with Gasteiger partial charge in [-0.3, -0.25) is 4.79 Å². The average molecular weight is 232 g/mol. The van der Waals surface area contributed by atoms with Crippen LogP contribution in [-0.2, 0) is 12.8 Å². The minimum absolute atomic E-state index is 0.203. The molecule has 1 rings (SSSR count). The van der Waals surface area contributed by atoms with Crippen molar-refractivity contribution in [1.29, 1.82) is 0 Å². The van der Waals surface area contributed by atoms with Crippen LogP contribution in [0.25, 0.3) is 0 Å². The second kappa shape index (κ2) is 7.26. The molecular formula is C16H24O. The number of ketones is 1. The molecule has 0 aliphatic heterocycles. The maximum absolute atomic E-state index is 11.7. The molecule has 1 heteroatoms. The number of hydrogen-bond donors (Lipinski definition) is 0. The summed E-state index contributed by atoms with van der Waals surface area (Å²) >= 11 is 0. The van der Waals surface area contributed by atoms with E-state index in [9.17, 15) is 4.79 Å². The Bertz CT molecular complexity index is 366. The largest absolute Gasteiger partial charge is 0.295 e. The molecule has 94 valence electrons. The molecule has 1 nitrogen and oxygen atoms in total. The Balaban J connectivity index is 3.00. The van der Waals surface area contributed by atoms with Gasteiger partial charge < -0.3 is 0 Å². The van der Waals surface area contributed by atoms with E-state index in [-0.39, 0.29) is 5.78 Å². The normalized spacial score (nSPS) is 10.5. The van der Waals surface area contributed by atoms with Crippen molar-refractivity contribution >= 4 is 5.78 Å². The first-order valence-electron chi connectivity index (χ1n) is 6.82. The number of carbonyl (C=O) groups excluding carboxylic acids is 1. The maximum atomic E-state index is 11.7. The number of rotatable bonds is 7. The van der Waals surface area contributed by atoms with Crippen molar-refractivity contribution in [3.8, 4) is 0 Å². The van der Waals surface area contributed by atoms with Crippen molar-refractivity contribution in [3.63, 3.8) is 0 Å². The van der Waals surface area contributed by atoms with E-state index in [4.69, 9.17) is 0 Å². The molecule has 0 saturated heterocycles. The highest BCUT2D eigenvalue weighted by Crippen LogP contribution is 2.20. The number of unbranched alkanes of at least 4 members (excludes halogenated alkanes) is 2. The van der Waals surface area contributed by atoms with Crippen molar-refractivity contribution in [1.82, 2.24) is 0 Å². The highest BCUT2D eigenvalue weighted by atomic mass is 16.1. The second-order valence-corrected chi connectivity index (χ2v) is 4.71. The molecule has 0 atom stereocenters. The van der Waals surface area contributed by atoms with Gasteiger partial charge in [0.25, 0.3) is 0 Å². The Morgan fingerprint density at radius 1 is 1.06 bits per heavy atom. The molecule has 0 aliphatic rings. The quantitative estimate of drug-likeness (QED) is 0.629. The van der Waals surface area contributed by atoms with Gasteiger partial charge in [0.2, 0.25) is 0 Å². The van der Waals surface area contributed by atoms with Gasteiger partial charge in [0.05, 0.1) is 0 Å². The van der Waals surface area contributed by atoms with Gasteiger partial charge in [-0.25, -0.2) is 0 Å². The van der Waals surface area contributed by atoms with E-state index in [0.29, 0.717) is 0 Å². The molecule has 0 aliphatic carbocycles. The van der Waals surface area contributed by atoms with E-state index < -0.39 is 0 Å². The number of benzene rings is 1. The van der Waals surface area contributed by atoms with Crippen LogP contribution in [0.15, 0.2) is 18.2 Å². The molecule has 0 radical (unpaired) electrons. The zero-order valence-corrected chi connectivity index (χ0v) is 11.4.